The summed E-state index contributed by atoms with van der Waals surface area (Å²) in [5.74, 6) is -0.414. The zero-order valence-corrected chi connectivity index (χ0v) is 12.0. The molecule has 0 aliphatic carbocycles. The fourth-order valence-corrected chi connectivity index (χ4v) is 2.71. The first kappa shape index (κ1) is 16.0. The van der Waals surface area contributed by atoms with E-state index in [1.807, 2.05) is 0 Å². The zero-order valence-electron chi connectivity index (χ0n) is 12.0. The van der Waals surface area contributed by atoms with Gasteiger partial charge in [-0.05, 0) is 37.6 Å². The second-order valence-corrected chi connectivity index (χ2v) is 5.95. The number of hydrogen-bond donors (Lipinski definition) is 2. The predicted octanol–water partition coefficient (Wildman–Crippen LogP) is 1.32. The third-order valence-electron chi connectivity index (χ3n) is 3.72. The van der Waals surface area contributed by atoms with Gasteiger partial charge in [-0.1, -0.05) is 13.8 Å². The molecule has 3 N–H and O–H groups in total. The molecule has 0 aromatic heterocycles. The fraction of sp³-hybridized carbons (Fsp3) is 0.857. The van der Waals surface area contributed by atoms with Crippen molar-refractivity contribution in [2.24, 2.45) is 23.5 Å². The molecule has 0 spiro atoms. The van der Waals surface area contributed by atoms with Crippen LogP contribution in [0.1, 0.15) is 39.5 Å². The highest BCUT2D eigenvalue weighted by Gasteiger charge is 2.28. The third kappa shape index (κ3) is 5.19. The van der Waals surface area contributed by atoms with Crippen LogP contribution in [0.5, 0.6) is 0 Å². The van der Waals surface area contributed by atoms with Gasteiger partial charge in [0.1, 0.15) is 0 Å². The summed E-state index contributed by atoms with van der Waals surface area (Å²) >= 11 is 0. The number of nitrogens with zero attached hydrogens (tertiary/aromatic N) is 1. The van der Waals surface area contributed by atoms with E-state index >= 15 is 0 Å². The Labute approximate surface area is 115 Å². The Bertz CT molecular complexity index is 318. The van der Waals surface area contributed by atoms with Crippen molar-refractivity contribution in [1.29, 1.82) is 0 Å². The number of aliphatic carboxylic acids is 1. The van der Waals surface area contributed by atoms with Crippen LogP contribution in [0, 0.1) is 17.8 Å². The molecule has 19 heavy (non-hydrogen) atoms. The van der Waals surface area contributed by atoms with Crippen LogP contribution in [0.15, 0.2) is 0 Å². The Morgan fingerprint density at radius 3 is 2.63 bits per heavy atom. The van der Waals surface area contributed by atoms with Crippen molar-refractivity contribution in [1.82, 2.24) is 4.90 Å². The van der Waals surface area contributed by atoms with E-state index in [-0.39, 0.29) is 11.8 Å². The Hall–Kier alpha value is -1.10. The number of likely N-dealkylation sites (tertiary alicyclic amines) is 1. The lowest BCUT2D eigenvalue weighted by Gasteiger charge is -2.32. The predicted molar refractivity (Wildman–Crippen MR) is 73.6 cm³/mol. The second-order valence-electron chi connectivity index (χ2n) is 5.95. The maximum atomic E-state index is 12.2. The highest BCUT2D eigenvalue weighted by atomic mass is 16.4. The zero-order chi connectivity index (χ0) is 14.4. The Morgan fingerprint density at radius 2 is 2.11 bits per heavy atom. The summed E-state index contributed by atoms with van der Waals surface area (Å²) in [6, 6.07) is 0. The number of carboxylic acid groups (broad SMARTS) is 1. The first-order valence-electron chi connectivity index (χ1n) is 7.14. The summed E-state index contributed by atoms with van der Waals surface area (Å²) < 4.78 is 0. The first-order valence-corrected chi connectivity index (χ1v) is 7.14. The van der Waals surface area contributed by atoms with Gasteiger partial charge in [0.05, 0.1) is 5.92 Å². The minimum Gasteiger partial charge on any atom is -0.481 e. The molecule has 0 aromatic carbocycles. The lowest BCUT2D eigenvalue weighted by Crippen LogP contribution is -2.43. The van der Waals surface area contributed by atoms with Crippen LogP contribution in [0.25, 0.3) is 0 Å². The number of amides is 1. The van der Waals surface area contributed by atoms with Crippen LogP contribution < -0.4 is 5.73 Å². The number of carboxylic acids is 1. The molecule has 1 unspecified atom stereocenters. The molecule has 0 aromatic rings. The van der Waals surface area contributed by atoms with E-state index in [1.165, 1.54) is 0 Å². The molecule has 5 nitrogen and oxygen atoms in total. The summed E-state index contributed by atoms with van der Waals surface area (Å²) in [6.45, 7) is 5.79. The van der Waals surface area contributed by atoms with Gasteiger partial charge in [0.2, 0.25) is 5.91 Å². The van der Waals surface area contributed by atoms with E-state index in [2.05, 4.69) is 13.8 Å². The summed E-state index contributed by atoms with van der Waals surface area (Å²) in [7, 11) is 0. The van der Waals surface area contributed by atoms with E-state index in [4.69, 9.17) is 10.8 Å². The molecule has 1 fully saturated rings. The highest BCUT2D eigenvalue weighted by Crippen LogP contribution is 2.20. The van der Waals surface area contributed by atoms with Crippen molar-refractivity contribution in [3.8, 4) is 0 Å². The number of carbonyl (C=O) groups is 2. The van der Waals surface area contributed by atoms with Gasteiger partial charge in [-0.2, -0.15) is 0 Å². The molecule has 2 atom stereocenters. The van der Waals surface area contributed by atoms with Crippen LogP contribution in [0.3, 0.4) is 0 Å². The van der Waals surface area contributed by atoms with Gasteiger partial charge in [-0.15, -0.1) is 0 Å². The molecule has 110 valence electrons. The van der Waals surface area contributed by atoms with Crippen molar-refractivity contribution in [3.05, 3.63) is 0 Å². The van der Waals surface area contributed by atoms with Crippen molar-refractivity contribution in [3.63, 3.8) is 0 Å². The molecule has 1 heterocycles. The molecule has 0 bridgehead atoms. The molecule has 1 rings (SSSR count). The quantitative estimate of drug-likeness (QED) is 0.762. The number of rotatable bonds is 6. The number of nitrogens with two attached hydrogens (primary N) is 1. The molecule has 5 heteroatoms. The molecule has 1 saturated heterocycles. The molecular formula is C14H26N2O3. The maximum Gasteiger partial charge on any atom is 0.308 e. The summed E-state index contributed by atoms with van der Waals surface area (Å²) in [4.78, 5) is 24.9. The summed E-state index contributed by atoms with van der Waals surface area (Å²) in [6.07, 6.45) is 2.84. The van der Waals surface area contributed by atoms with Gasteiger partial charge in [-0.3, -0.25) is 9.59 Å². The monoisotopic (exact) mass is 270 g/mol. The van der Waals surface area contributed by atoms with E-state index < -0.39 is 11.9 Å². The van der Waals surface area contributed by atoms with Gasteiger partial charge in [0.15, 0.2) is 0 Å². The smallest absolute Gasteiger partial charge is 0.308 e. The third-order valence-corrected chi connectivity index (χ3v) is 3.72. The van der Waals surface area contributed by atoms with E-state index in [9.17, 15) is 9.59 Å². The lowest BCUT2D eigenvalue weighted by atomic mass is 9.92. The van der Waals surface area contributed by atoms with Crippen LogP contribution >= 0.6 is 0 Å². The lowest BCUT2D eigenvalue weighted by molar-refractivity contribution is -0.145. The Balaban J connectivity index is 2.49. The Kier molecular flexibility index (Phi) is 6.28. The molecule has 0 radical (unpaired) electrons. The highest BCUT2D eigenvalue weighted by molar-refractivity contribution is 5.78. The van der Waals surface area contributed by atoms with Crippen LogP contribution in [0.4, 0.5) is 0 Å². The van der Waals surface area contributed by atoms with Crippen molar-refractivity contribution >= 4 is 11.9 Å². The number of hydrogen-bond acceptors (Lipinski definition) is 3. The number of carbonyl (C=O) groups excluding carboxylic acids is 1. The Morgan fingerprint density at radius 1 is 1.42 bits per heavy atom. The van der Waals surface area contributed by atoms with Crippen molar-refractivity contribution in [2.75, 3.05) is 19.6 Å². The van der Waals surface area contributed by atoms with Gasteiger partial charge >= 0.3 is 5.97 Å². The first-order chi connectivity index (χ1) is 8.93. The van der Waals surface area contributed by atoms with Crippen molar-refractivity contribution < 1.29 is 14.7 Å². The molecular weight excluding hydrogens is 244 g/mol. The molecule has 0 saturated carbocycles. The van der Waals surface area contributed by atoms with E-state index in [0.717, 1.165) is 12.8 Å². The SMILES string of the molecule is CC(C)C[C@H](CN)CC(=O)N1CCCC(C(=O)O)C1. The number of piperidine rings is 1. The molecule has 1 amide bonds. The van der Waals surface area contributed by atoms with Crippen LogP contribution in [-0.4, -0.2) is 41.5 Å². The van der Waals surface area contributed by atoms with Gasteiger partial charge in [0, 0.05) is 19.5 Å². The summed E-state index contributed by atoms with van der Waals surface area (Å²) in [5, 5.41) is 9.03. The minimum absolute atomic E-state index is 0.0575. The molecule has 1 aliphatic heterocycles. The van der Waals surface area contributed by atoms with Gasteiger partial charge in [0.25, 0.3) is 0 Å². The van der Waals surface area contributed by atoms with E-state index in [0.29, 0.717) is 38.4 Å². The average Bonchev–Trinajstić information content (AvgIpc) is 2.37. The van der Waals surface area contributed by atoms with Crippen LogP contribution in [-0.2, 0) is 9.59 Å². The van der Waals surface area contributed by atoms with Gasteiger partial charge < -0.3 is 15.7 Å². The standard InChI is InChI=1S/C14H26N2O3/c1-10(2)6-11(8-15)7-13(17)16-5-3-4-12(9-16)14(18)19/h10-12H,3-9,15H2,1-2H3,(H,18,19)/t11-,12?/m0/s1. The normalized spacial score (nSPS) is 21.5. The summed E-state index contributed by atoms with van der Waals surface area (Å²) in [5.41, 5.74) is 5.71. The van der Waals surface area contributed by atoms with Crippen LogP contribution in [0.2, 0.25) is 0 Å². The van der Waals surface area contributed by atoms with Crippen molar-refractivity contribution in [2.45, 2.75) is 39.5 Å². The van der Waals surface area contributed by atoms with E-state index in [1.54, 1.807) is 4.90 Å². The fourth-order valence-electron chi connectivity index (χ4n) is 2.71. The second kappa shape index (κ2) is 7.48. The van der Waals surface area contributed by atoms with Gasteiger partial charge in [-0.25, -0.2) is 0 Å². The molecule has 1 aliphatic rings. The topological polar surface area (TPSA) is 83.6 Å². The maximum absolute atomic E-state index is 12.2. The average molecular weight is 270 g/mol. The largest absolute Gasteiger partial charge is 0.481 e. The minimum atomic E-state index is -0.796.